The fourth-order valence-corrected chi connectivity index (χ4v) is 2.22. The molecule has 1 aromatic heterocycles. The number of hydrogen-bond donors (Lipinski definition) is 0. The van der Waals surface area contributed by atoms with Gasteiger partial charge in [-0.05, 0) is 25.6 Å². The average Bonchev–Trinajstić information content (AvgIpc) is 2.61. The molecular weight excluding hydrogens is 206 g/mol. The van der Waals surface area contributed by atoms with Crippen LogP contribution in [0.25, 0.3) is 0 Å². The fraction of sp³-hybridized carbons (Fsp3) is 0.545. The standard InChI is InChI=1S/C11H15N3O2/c1-8-3-4-9(5-12-8)10-6-13(2)7-11(10)14(15)16/h3-5,10-11H,6-7H2,1-2H3/t10-,11+/m1/s1. The molecule has 0 aliphatic carbocycles. The minimum atomic E-state index is -0.505. The summed E-state index contributed by atoms with van der Waals surface area (Å²) in [7, 11) is 1.91. The van der Waals surface area contributed by atoms with Gasteiger partial charge < -0.3 is 0 Å². The molecule has 0 saturated carbocycles. The van der Waals surface area contributed by atoms with E-state index in [0.29, 0.717) is 6.54 Å². The Kier molecular flexibility index (Phi) is 2.87. The van der Waals surface area contributed by atoms with E-state index in [1.54, 1.807) is 6.20 Å². The predicted molar refractivity (Wildman–Crippen MR) is 60.0 cm³/mol. The molecule has 16 heavy (non-hydrogen) atoms. The van der Waals surface area contributed by atoms with E-state index in [2.05, 4.69) is 4.98 Å². The summed E-state index contributed by atoms with van der Waals surface area (Å²) in [5.41, 5.74) is 1.91. The highest BCUT2D eigenvalue weighted by Crippen LogP contribution is 2.28. The number of likely N-dealkylation sites (tertiary alicyclic amines) is 1. The van der Waals surface area contributed by atoms with Gasteiger partial charge in [0.25, 0.3) is 0 Å². The number of aromatic nitrogens is 1. The molecule has 0 spiro atoms. The molecule has 5 heteroatoms. The Morgan fingerprint density at radius 1 is 1.50 bits per heavy atom. The lowest BCUT2D eigenvalue weighted by Gasteiger charge is -2.11. The van der Waals surface area contributed by atoms with Crippen molar-refractivity contribution in [3.05, 3.63) is 39.7 Å². The molecule has 1 aliphatic heterocycles. The van der Waals surface area contributed by atoms with Crippen molar-refractivity contribution in [1.29, 1.82) is 0 Å². The molecule has 2 atom stereocenters. The van der Waals surface area contributed by atoms with Crippen LogP contribution in [0.3, 0.4) is 0 Å². The van der Waals surface area contributed by atoms with E-state index in [4.69, 9.17) is 0 Å². The van der Waals surface area contributed by atoms with Crippen LogP contribution in [-0.4, -0.2) is 41.0 Å². The minimum absolute atomic E-state index is 0.0342. The summed E-state index contributed by atoms with van der Waals surface area (Å²) < 4.78 is 0. The van der Waals surface area contributed by atoms with Crippen LogP contribution in [0.15, 0.2) is 18.3 Å². The van der Waals surface area contributed by atoms with Gasteiger partial charge in [0.05, 0.1) is 12.5 Å². The zero-order valence-corrected chi connectivity index (χ0v) is 9.46. The molecule has 1 fully saturated rings. The Balaban J connectivity index is 2.25. The summed E-state index contributed by atoms with van der Waals surface area (Å²) in [5.74, 6) is -0.0342. The Morgan fingerprint density at radius 2 is 2.25 bits per heavy atom. The summed E-state index contributed by atoms with van der Waals surface area (Å²) in [5, 5.41) is 11.0. The summed E-state index contributed by atoms with van der Waals surface area (Å²) in [4.78, 5) is 17.0. The van der Waals surface area contributed by atoms with Crippen molar-refractivity contribution in [2.45, 2.75) is 18.9 Å². The average molecular weight is 221 g/mol. The van der Waals surface area contributed by atoms with E-state index in [0.717, 1.165) is 17.8 Å². The second-order valence-corrected chi connectivity index (χ2v) is 4.41. The number of nitrogens with zero attached hydrogens (tertiary/aromatic N) is 3. The maximum absolute atomic E-state index is 11.0. The van der Waals surface area contributed by atoms with E-state index in [1.807, 2.05) is 31.0 Å². The number of hydrogen-bond acceptors (Lipinski definition) is 4. The zero-order valence-electron chi connectivity index (χ0n) is 9.46. The van der Waals surface area contributed by atoms with Crippen LogP contribution < -0.4 is 0 Å². The fourth-order valence-electron chi connectivity index (χ4n) is 2.22. The highest BCUT2D eigenvalue weighted by Gasteiger charge is 2.40. The SMILES string of the molecule is Cc1ccc([C@H]2CN(C)C[C@@H]2[N+](=O)[O-])cn1. The number of nitro groups is 1. The Morgan fingerprint density at radius 3 is 2.81 bits per heavy atom. The molecule has 2 rings (SSSR count). The first-order chi connectivity index (χ1) is 7.58. The lowest BCUT2D eigenvalue weighted by atomic mass is 9.96. The van der Waals surface area contributed by atoms with Crippen LogP contribution >= 0.6 is 0 Å². The maximum Gasteiger partial charge on any atom is 0.233 e. The number of rotatable bonds is 2. The molecule has 5 nitrogen and oxygen atoms in total. The third-order valence-electron chi connectivity index (χ3n) is 3.10. The molecule has 1 aromatic rings. The van der Waals surface area contributed by atoms with E-state index in [9.17, 15) is 10.1 Å². The topological polar surface area (TPSA) is 59.3 Å². The van der Waals surface area contributed by atoms with Gasteiger partial charge >= 0.3 is 0 Å². The summed E-state index contributed by atoms with van der Waals surface area (Å²) in [6, 6.07) is 3.35. The van der Waals surface area contributed by atoms with Crippen LogP contribution in [0.1, 0.15) is 17.2 Å². The van der Waals surface area contributed by atoms with Crippen LogP contribution in [0.4, 0.5) is 0 Å². The quantitative estimate of drug-likeness (QED) is 0.553. The highest BCUT2D eigenvalue weighted by atomic mass is 16.6. The summed E-state index contributed by atoms with van der Waals surface area (Å²) >= 11 is 0. The van der Waals surface area contributed by atoms with Crippen molar-refractivity contribution in [1.82, 2.24) is 9.88 Å². The molecule has 0 N–H and O–H groups in total. The molecule has 1 saturated heterocycles. The van der Waals surface area contributed by atoms with Crippen molar-refractivity contribution < 1.29 is 4.92 Å². The Bertz CT molecular complexity index is 391. The largest absolute Gasteiger partial charge is 0.299 e. The predicted octanol–water partition coefficient (Wildman–Crippen LogP) is 1.06. The van der Waals surface area contributed by atoms with E-state index in [-0.39, 0.29) is 10.8 Å². The van der Waals surface area contributed by atoms with Gasteiger partial charge in [-0.25, -0.2) is 0 Å². The van der Waals surface area contributed by atoms with Crippen LogP contribution in [0, 0.1) is 17.0 Å². The maximum atomic E-state index is 11.0. The first-order valence-electron chi connectivity index (χ1n) is 5.32. The van der Waals surface area contributed by atoms with Crippen molar-refractivity contribution in [2.75, 3.05) is 20.1 Å². The van der Waals surface area contributed by atoms with Gasteiger partial charge in [-0.2, -0.15) is 0 Å². The number of likely N-dealkylation sites (N-methyl/N-ethyl adjacent to an activating group) is 1. The van der Waals surface area contributed by atoms with Crippen LogP contribution in [0.5, 0.6) is 0 Å². The Hall–Kier alpha value is -1.49. The lowest BCUT2D eigenvalue weighted by molar-refractivity contribution is -0.521. The van der Waals surface area contributed by atoms with E-state index >= 15 is 0 Å². The minimum Gasteiger partial charge on any atom is -0.299 e. The summed E-state index contributed by atoms with van der Waals surface area (Å²) in [6.45, 7) is 3.16. The van der Waals surface area contributed by atoms with Crippen molar-refractivity contribution in [3.8, 4) is 0 Å². The Labute approximate surface area is 94.2 Å². The molecule has 0 bridgehead atoms. The zero-order chi connectivity index (χ0) is 11.7. The molecular formula is C11H15N3O2. The van der Waals surface area contributed by atoms with Gasteiger partial charge in [0.1, 0.15) is 0 Å². The third-order valence-corrected chi connectivity index (χ3v) is 3.10. The van der Waals surface area contributed by atoms with Gasteiger partial charge in [0.15, 0.2) is 0 Å². The molecule has 0 radical (unpaired) electrons. The highest BCUT2D eigenvalue weighted by molar-refractivity contribution is 5.21. The second-order valence-electron chi connectivity index (χ2n) is 4.41. The van der Waals surface area contributed by atoms with Crippen molar-refractivity contribution in [2.24, 2.45) is 0 Å². The smallest absolute Gasteiger partial charge is 0.233 e. The first kappa shape index (κ1) is 11.0. The van der Waals surface area contributed by atoms with Crippen LogP contribution in [0.2, 0.25) is 0 Å². The van der Waals surface area contributed by atoms with Crippen LogP contribution in [-0.2, 0) is 0 Å². The molecule has 2 heterocycles. The van der Waals surface area contributed by atoms with Gasteiger partial charge in [0, 0.05) is 23.4 Å². The van der Waals surface area contributed by atoms with Gasteiger partial charge in [-0.3, -0.25) is 20.0 Å². The van der Waals surface area contributed by atoms with E-state index < -0.39 is 6.04 Å². The lowest BCUT2D eigenvalue weighted by Crippen LogP contribution is -2.27. The molecule has 86 valence electrons. The second kappa shape index (κ2) is 4.17. The molecule has 0 aromatic carbocycles. The normalized spacial score (nSPS) is 25.9. The van der Waals surface area contributed by atoms with Gasteiger partial charge in [-0.15, -0.1) is 0 Å². The van der Waals surface area contributed by atoms with E-state index in [1.165, 1.54) is 0 Å². The van der Waals surface area contributed by atoms with Crippen molar-refractivity contribution >= 4 is 0 Å². The molecule has 0 unspecified atom stereocenters. The number of aryl methyl sites for hydroxylation is 1. The van der Waals surface area contributed by atoms with Crippen molar-refractivity contribution in [3.63, 3.8) is 0 Å². The first-order valence-corrected chi connectivity index (χ1v) is 5.32. The number of pyridine rings is 1. The van der Waals surface area contributed by atoms with Gasteiger partial charge in [0.2, 0.25) is 6.04 Å². The van der Waals surface area contributed by atoms with Gasteiger partial charge in [-0.1, -0.05) is 6.07 Å². The monoisotopic (exact) mass is 221 g/mol. The molecule has 1 aliphatic rings. The third kappa shape index (κ3) is 2.04. The molecule has 0 amide bonds. The summed E-state index contributed by atoms with van der Waals surface area (Å²) in [6.07, 6.45) is 1.76.